The number of hydrogen-bond donors (Lipinski definition) is 2. The molecule has 0 heterocycles. The zero-order valence-corrected chi connectivity index (χ0v) is 19.1. The van der Waals surface area contributed by atoms with Crippen LogP contribution in [0.3, 0.4) is 0 Å². The maximum Gasteiger partial charge on any atom is 0.221 e. The predicted octanol–water partition coefficient (Wildman–Crippen LogP) is 4.38. The van der Waals surface area contributed by atoms with Crippen molar-refractivity contribution in [2.45, 2.75) is 90.1 Å². The van der Waals surface area contributed by atoms with Crippen molar-refractivity contribution in [3.8, 4) is 0 Å². The van der Waals surface area contributed by atoms with Gasteiger partial charge in [0.05, 0.1) is 0 Å². The lowest BCUT2D eigenvalue weighted by molar-refractivity contribution is -0.122. The van der Waals surface area contributed by atoms with E-state index in [-0.39, 0.29) is 11.8 Å². The first-order valence-electron chi connectivity index (χ1n) is 12.2. The summed E-state index contributed by atoms with van der Waals surface area (Å²) in [6.45, 7) is 4.39. The molecule has 0 radical (unpaired) electrons. The number of hydrogen-bond acceptors (Lipinski definition) is 3. The minimum absolute atomic E-state index is 0.183. The Morgan fingerprint density at radius 1 is 0.759 bits per heavy atom. The van der Waals surface area contributed by atoms with Gasteiger partial charge in [-0.3, -0.25) is 9.59 Å². The van der Waals surface area contributed by atoms with Gasteiger partial charge in [-0.1, -0.05) is 12.8 Å². The molecule has 4 aliphatic rings. The second-order valence-corrected chi connectivity index (χ2v) is 11.7. The van der Waals surface area contributed by atoms with E-state index >= 15 is 0 Å². The van der Waals surface area contributed by atoms with E-state index in [1.54, 1.807) is 11.8 Å². The molecule has 29 heavy (non-hydrogen) atoms. The van der Waals surface area contributed by atoms with Gasteiger partial charge in [0, 0.05) is 36.4 Å². The van der Waals surface area contributed by atoms with Gasteiger partial charge in [0.2, 0.25) is 11.8 Å². The topological polar surface area (TPSA) is 58.2 Å². The van der Waals surface area contributed by atoms with Crippen LogP contribution in [-0.4, -0.2) is 35.4 Å². The van der Waals surface area contributed by atoms with Gasteiger partial charge in [0.15, 0.2) is 0 Å². The van der Waals surface area contributed by atoms with Crippen molar-refractivity contribution >= 4 is 23.6 Å². The molecule has 4 rings (SSSR count). The summed E-state index contributed by atoms with van der Waals surface area (Å²) in [4.78, 5) is 24.5. The second-order valence-electron chi connectivity index (χ2n) is 10.5. The molecular formula is C24H40N2O2S. The third-order valence-electron chi connectivity index (χ3n) is 8.59. The first-order valence-corrected chi connectivity index (χ1v) is 13.3. The SMILES string of the molecule is C[C@H](NC(=O)CCSCCC(=O)N[C@H](C)[C@@H]1C[C@@H]2CC[C@@H]1C2)[C@@H]1C[C@@H]2CC[C@@H]1C2. The normalized spacial score (nSPS) is 36.9. The average Bonchev–Trinajstić information content (AvgIpc) is 3.48. The minimum atomic E-state index is 0.183. The summed E-state index contributed by atoms with van der Waals surface area (Å²) in [6.07, 6.45) is 12.1. The van der Waals surface area contributed by atoms with E-state index in [2.05, 4.69) is 24.5 Å². The molecule has 0 aromatic heterocycles. The summed E-state index contributed by atoms with van der Waals surface area (Å²) in [7, 11) is 0. The van der Waals surface area contributed by atoms with Crippen LogP contribution in [0.4, 0.5) is 0 Å². The Bertz CT molecular complexity index is 547. The lowest BCUT2D eigenvalue weighted by atomic mass is 9.84. The first-order chi connectivity index (χ1) is 14.0. The number of amides is 2. The Morgan fingerprint density at radius 2 is 1.21 bits per heavy atom. The summed E-state index contributed by atoms with van der Waals surface area (Å²) in [5.74, 6) is 6.95. The molecule has 0 aromatic carbocycles. The zero-order chi connectivity index (χ0) is 20.4. The monoisotopic (exact) mass is 420 g/mol. The summed E-state index contributed by atoms with van der Waals surface area (Å²) < 4.78 is 0. The van der Waals surface area contributed by atoms with Gasteiger partial charge in [-0.05, 0) is 87.9 Å². The zero-order valence-electron chi connectivity index (χ0n) is 18.3. The van der Waals surface area contributed by atoms with Gasteiger partial charge >= 0.3 is 0 Å². The van der Waals surface area contributed by atoms with Crippen LogP contribution in [0.2, 0.25) is 0 Å². The van der Waals surface area contributed by atoms with Gasteiger partial charge in [-0.2, -0.15) is 11.8 Å². The lowest BCUT2D eigenvalue weighted by Crippen LogP contribution is -2.40. The van der Waals surface area contributed by atoms with Gasteiger partial charge < -0.3 is 10.6 Å². The second kappa shape index (κ2) is 9.62. The molecule has 0 unspecified atom stereocenters. The van der Waals surface area contributed by atoms with Crippen LogP contribution in [0.1, 0.15) is 78.1 Å². The van der Waals surface area contributed by atoms with Crippen molar-refractivity contribution in [1.29, 1.82) is 0 Å². The van der Waals surface area contributed by atoms with Crippen molar-refractivity contribution in [2.24, 2.45) is 35.5 Å². The van der Waals surface area contributed by atoms with Crippen molar-refractivity contribution in [3.05, 3.63) is 0 Å². The number of rotatable bonds is 10. The van der Waals surface area contributed by atoms with E-state index in [1.807, 2.05) is 0 Å². The van der Waals surface area contributed by atoms with Crippen LogP contribution in [0.15, 0.2) is 0 Å². The number of carbonyl (C=O) groups excluding carboxylic acids is 2. The number of thioether (sulfide) groups is 1. The molecule has 164 valence electrons. The summed E-state index contributed by atoms with van der Waals surface area (Å²) >= 11 is 1.73. The number of carbonyl (C=O) groups is 2. The quantitative estimate of drug-likeness (QED) is 0.516. The van der Waals surface area contributed by atoms with E-state index in [4.69, 9.17) is 0 Å². The Hall–Kier alpha value is -0.710. The van der Waals surface area contributed by atoms with E-state index in [0.717, 1.165) is 35.2 Å². The van der Waals surface area contributed by atoms with Gasteiger partial charge in [0.1, 0.15) is 0 Å². The highest BCUT2D eigenvalue weighted by molar-refractivity contribution is 7.99. The molecule has 0 saturated heterocycles. The summed E-state index contributed by atoms with van der Waals surface area (Å²) in [5.41, 5.74) is 0. The highest BCUT2D eigenvalue weighted by atomic mass is 32.2. The Morgan fingerprint density at radius 3 is 1.55 bits per heavy atom. The van der Waals surface area contributed by atoms with Crippen LogP contribution in [0.5, 0.6) is 0 Å². The van der Waals surface area contributed by atoms with Crippen LogP contribution >= 0.6 is 11.8 Å². The molecular weight excluding hydrogens is 380 g/mol. The molecule has 0 spiro atoms. The Labute approximate surface area is 181 Å². The molecule has 4 bridgehead atoms. The molecule has 4 fully saturated rings. The molecule has 2 N–H and O–H groups in total. The van der Waals surface area contributed by atoms with Crippen molar-refractivity contribution < 1.29 is 9.59 Å². The molecule has 4 saturated carbocycles. The van der Waals surface area contributed by atoms with E-state index in [1.165, 1.54) is 51.4 Å². The fraction of sp³-hybridized carbons (Fsp3) is 0.917. The number of fused-ring (bicyclic) bond motifs is 4. The largest absolute Gasteiger partial charge is 0.353 e. The molecule has 4 aliphatic carbocycles. The van der Waals surface area contributed by atoms with E-state index in [0.29, 0.717) is 36.8 Å². The molecule has 4 nitrogen and oxygen atoms in total. The highest BCUT2D eigenvalue weighted by Crippen LogP contribution is 2.50. The lowest BCUT2D eigenvalue weighted by Gasteiger charge is -2.28. The van der Waals surface area contributed by atoms with E-state index < -0.39 is 0 Å². The molecule has 8 atom stereocenters. The molecule has 2 amide bonds. The smallest absolute Gasteiger partial charge is 0.221 e. The first kappa shape index (κ1) is 21.5. The van der Waals surface area contributed by atoms with Crippen molar-refractivity contribution in [1.82, 2.24) is 10.6 Å². The van der Waals surface area contributed by atoms with Gasteiger partial charge in [0.25, 0.3) is 0 Å². The van der Waals surface area contributed by atoms with Crippen molar-refractivity contribution in [2.75, 3.05) is 11.5 Å². The predicted molar refractivity (Wildman–Crippen MR) is 120 cm³/mol. The molecule has 5 heteroatoms. The Balaban J connectivity index is 1.04. The third kappa shape index (κ3) is 5.32. The van der Waals surface area contributed by atoms with Crippen molar-refractivity contribution in [3.63, 3.8) is 0 Å². The fourth-order valence-corrected chi connectivity index (χ4v) is 7.97. The highest BCUT2D eigenvalue weighted by Gasteiger charge is 2.43. The third-order valence-corrected chi connectivity index (χ3v) is 9.58. The van der Waals surface area contributed by atoms with E-state index in [9.17, 15) is 9.59 Å². The molecule has 0 aliphatic heterocycles. The van der Waals surface area contributed by atoms with Crippen LogP contribution in [-0.2, 0) is 9.59 Å². The number of nitrogens with one attached hydrogen (secondary N) is 2. The van der Waals surface area contributed by atoms with Crippen LogP contribution < -0.4 is 10.6 Å². The molecule has 0 aromatic rings. The summed E-state index contributed by atoms with van der Waals surface area (Å²) in [5, 5.41) is 6.49. The maximum absolute atomic E-state index is 12.3. The average molecular weight is 421 g/mol. The fourth-order valence-electron chi connectivity index (χ4n) is 7.11. The minimum Gasteiger partial charge on any atom is -0.353 e. The van der Waals surface area contributed by atoms with Gasteiger partial charge in [-0.25, -0.2) is 0 Å². The summed E-state index contributed by atoms with van der Waals surface area (Å²) in [6, 6.07) is 0.641. The maximum atomic E-state index is 12.3. The standard InChI is InChI=1S/C24H40N2O2S/c1-15(21-13-17-3-5-19(21)11-17)25-23(27)7-9-29-10-8-24(28)26-16(2)22-14-18-4-6-20(22)12-18/h15-22H,3-14H2,1-2H3,(H,25,27)(H,26,28)/t15-,16+,17-,18-,19-,20-,21+,22+/m1/s1. The van der Waals surface area contributed by atoms with Crippen LogP contribution in [0, 0.1) is 35.5 Å². The van der Waals surface area contributed by atoms with Gasteiger partial charge in [-0.15, -0.1) is 0 Å². The Kier molecular flexibility index (Phi) is 7.14. The van der Waals surface area contributed by atoms with Crippen LogP contribution in [0.25, 0.3) is 0 Å².